The topological polar surface area (TPSA) is 3.24 Å². The number of halogens is 1. The van der Waals surface area contributed by atoms with Crippen LogP contribution in [0, 0.1) is 5.92 Å². The summed E-state index contributed by atoms with van der Waals surface area (Å²) >= 11 is 3.62. The van der Waals surface area contributed by atoms with Crippen LogP contribution in [-0.4, -0.2) is 28.9 Å². The molecule has 0 aromatic rings. The predicted octanol–water partition coefficient (Wildman–Crippen LogP) is 3.67. The second kappa shape index (κ2) is 6.12. The highest BCUT2D eigenvalue weighted by Crippen LogP contribution is 2.27. The van der Waals surface area contributed by atoms with Crippen LogP contribution in [0.5, 0.6) is 0 Å². The van der Waals surface area contributed by atoms with Crippen LogP contribution in [-0.2, 0) is 0 Å². The van der Waals surface area contributed by atoms with Gasteiger partial charge in [0.1, 0.15) is 0 Å². The van der Waals surface area contributed by atoms with Crippen LogP contribution in [0.3, 0.4) is 0 Å². The SMILES string of the molecule is CCC(CBr)CN1C(C)CCC1CC. The van der Waals surface area contributed by atoms with Gasteiger partial charge in [-0.3, -0.25) is 4.90 Å². The van der Waals surface area contributed by atoms with Gasteiger partial charge >= 0.3 is 0 Å². The molecule has 1 fully saturated rings. The van der Waals surface area contributed by atoms with E-state index in [2.05, 4.69) is 41.6 Å². The third-order valence-electron chi connectivity index (χ3n) is 3.69. The van der Waals surface area contributed by atoms with Crippen molar-refractivity contribution in [1.29, 1.82) is 0 Å². The van der Waals surface area contributed by atoms with E-state index in [0.717, 1.165) is 23.3 Å². The molecule has 0 spiro atoms. The van der Waals surface area contributed by atoms with Gasteiger partial charge in [-0.15, -0.1) is 0 Å². The Balaban J connectivity index is 2.47. The molecule has 0 radical (unpaired) electrons. The van der Waals surface area contributed by atoms with Crippen LogP contribution < -0.4 is 0 Å². The van der Waals surface area contributed by atoms with Crippen LogP contribution in [0.1, 0.15) is 46.5 Å². The highest BCUT2D eigenvalue weighted by Gasteiger charge is 2.30. The monoisotopic (exact) mass is 261 g/mol. The Morgan fingerprint density at radius 1 is 1.36 bits per heavy atom. The predicted molar refractivity (Wildman–Crippen MR) is 67.1 cm³/mol. The highest BCUT2D eigenvalue weighted by atomic mass is 79.9. The summed E-state index contributed by atoms with van der Waals surface area (Å²) < 4.78 is 0. The van der Waals surface area contributed by atoms with Crippen molar-refractivity contribution < 1.29 is 0 Å². The molecule has 1 nitrogen and oxygen atoms in total. The molecule has 1 saturated heterocycles. The van der Waals surface area contributed by atoms with Gasteiger partial charge in [0.2, 0.25) is 0 Å². The Bertz CT molecular complexity index is 156. The van der Waals surface area contributed by atoms with E-state index in [4.69, 9.17) is 0 Å². The fraction of sp³-hybridized carbons (Fsp3) is 1.00. The second-order valence-corrected chi connectivity index (χ2v) is 5.26. The number of likely N-dealkylation sites (tertiary alicyclic amines) is 1. The van der Waals surface area contributed by atoms with Crippen LogP contribution in [0.15, 0.2) is 0 Å². The first-order valence-corrected chi connectivity index (χ1v) is 7.16. The van der Waals surface area contributed by atoms with Gasteiger partial charge in [-0.1, -0.05) is 36.2 Å². The number of nitrogens with zero attached hydrogens (tertiary/aromatic N) is 1. The number of hydrogen-bond acceptors (Lipinski definition) is 1. The minimum absolute atomic E-state index is 0.813. The summed E-state index contributed by atoms with van der Waals surface area (Å²) in [6.07, 6.45) is 5.43. The molecule has 0 amide bonds. The summed E-state index contributed by atoms with van der Waals surface area (Å²) in [5, 5.41) is 1.16. The summed E-state index contributed by atoms with van der Waals surface area (Å²) in [5.41, 5.74) is 0. The first-order valence-electron chi connectivity index (χ1n) is 6.04. The summed E-state index contributed by atoms with van der Waals surface area (Å²) in [4.78, 5) is 2.73. The third-order valence-corrected chi connectivity index (χ3v) is 4.60. The zero-order valence-corrected chi connectivity index (χ0v) is 11.4. The van der Waals surface area contributed by atoms with Crippen LogP contribution >= 0.6 is 15.9 Å². The Hall–Kier alpha value is 0.440. The zero-order valence-electron chi connectivity index (χ0n) is 9.80. The van der Waals surface area contributed by atoms with Crippen molar-refractivity contribution in [2.24, 2.45) is 5.92 Å². The number of rotatable bonds is 5. The normalized spacial score (nSPS) is 30.9. The van der Waals surface area contributed by atoms with E-state index in [-0.39, 0.29) is 0 Å². The lowest BCUT2D eigenvalue weighted by Crippen LogP contribution is -2.38. The molecule has 1 aliphatic heterocycles. The lowest BCUT2D eigenvalue weighted by Gasteiger charge is -2.30. The summed E-state index contributed by atoms with van der Waals surface area (Å²) in [6.45, 7) is 8.30. The first-order chi connectivity index (χ1) is 6.72. The average molecular weight is 262 g/mol. The van der Waals surface area contributed by atoms with E-state index in [1.165, 1.54) is 32.2 Å². The molecule has 0 bridgehead atoms. The molecule has 0 aromatic carbocycles. The van der Waals surface area contributed by atoms with E-state index in [1.807, 2.05) is 0 Å². The second-order valence-electron chi connectivity index (χ2n) is 4.61. The maximum absolute atomic E-state index is 3.62. The molecular weight excluding hydrogens is 238 g/mol. The van der Waals surface area contributed by atoms with Crippen molar-refractivity contribution >= 4 is 15.9 Å². The van der Waals surface area contributed by atoms with Gasteiger partial charge in [-0.2, -0.15) is 0 Å². The van der Waals surface area contributed by atoms with E-state index in [9.17, 15) is 0 Å². The molecule has 1 heterocycles. The largest absolute Gasteiger partial charge is 0.297 e. The van der Waals surface area contributed by atoms with Gasteiger partial charge in [-0.25, -0.2) is 0 Å². The fourth-order valence-corrected chi connectivity index (χ4v) is 3.14. The molecule has 0 saturated carbocycles. The Kier molecular flexibility index (Phi) is 5.47. The van der Waals surface area contributed by atoms with Crippen LogP contribution in [0.25, 0.3) is 0 Å². The molecule has 0 N–H and O–H groups in total. The fourth-order valence-electron chi connectivity index (χ4n) is 2.48. The number of alkyl halides is 1. The summed E-state index contributed by atoms with van der Waals surface area (Å²) in [7, 11) is 0. The third kappa shape index (κ3) is 2.96. The van der Waals surface area contributed by atoms with Crippen LogP contribution in [0.4, 0.5) is 0 Å². The number of hydrogen-bond donors (Lipinski definition) is 0. The zero-order chi connectivity index (χ0) is 10.6. The van der Waals surface area contributed by atoms with Gasteiger partial charge < -0.3 is 0 Å². The van der Waals surface area contributed by atoms with Crippen molar-refractivity contribution in [3.05, 3.63) is 0 Å². The minimum Gasteiger partial charge on any atom is -0.297 e. The van der Waals surface area contributed by atoms with Gasteiger partial charge in [-0.05, 0) is 32.1 Å². The Labute approximate surface area is 97.4 Å². The van der Waals surface area contributed by atoms with Gasteiger partial charge in [0.25, 0.3) is 0 Å². The molecular formula is C12H24BrN. The van der Waals surface area contributed by atoms with Gasteiger partial charge in [0.15, 0.2) is 0 Å². The standard InChI is InChI=1S/C12H24BrN/c1-4-11(8-13)9-14-10(3)6-7-12(14)5-2/h10-12H,4-9H2,1-3H3. The highest BCUT2D eigenvalue weighted by molar-refractivity contribution is 9.09. The van der Waals surface area contributed by atoms with Crippen molar-refractivity contribution in [3.63, 3.8) is 0 Å². The maximum atomic E-state index is 3.62. The molecule has 0 aromatic heterocycles. The molecule has 84 valence electrons. The smallest absolute Gasteiger partial charge is 0.00961 e. The van der Waals surface area contributed by atoms with E-state index >= 15 is 0 Å². The van der Waals surface area contributed by atoms with Gasteiger partial charge in [0, 0.05) is 24.0 Å². The van der Waals surface area contributed by atoms with E-state index in [1.54, 1.807) is 0 Å². The molecule has 0 aliphatic carbocycles. The van der Waals surface area contributed by atoms with E-state index in [0.29, 0.717) is 0 Å². The lowest BCUT2D eigenvalue weighted by molar-refractivity contribution is 0.172. The first kappa shape index (κ1) is 12.5. The molecule has 3 unspecified atom stereocenters. The maximum Gasteiger partial charge on any atom is 0.00961 e. The summed E-state index contributed by atoms with van der Waals surface area (Å²) in [5.74, 6) is 0.838. The minimum atomic E-state index is 0.813. The molecule has 1 rings (SSSR count). The summed E-state index contributed by atoms with van der Waals surface area (Å²) in [6, 6.07) is 1.67. The molecule has 14 heavy (non-hydrogen) atoms. The Morgan fingerprint density at radius 3 is 2.57 bits per heavy atom. The molecule has 3 atom stereocenters. The Morgan fingerprint density at radius 2 is 2.07 bits per heavy atom. The van der Waals surface area contributed by atoms with Crippen LogP contribution in [0.2, 0.25) is 0 Å². The van der Waals surface area contributed by atoms with E-state index < -0.39 is 0 Å². The molecule has 1 aliphatic rings. The lowest BCUT2D eigenvalue weighted by atomic mass is 10.1. The quantitative estimate of drug-likeness (QED) is 0.683. The van der Waals surface area contributed by atoms with Crippen molar-refractivity contribution in [2.45, 2.75) is 58.5 Å². The average Bonchev–Trinajstić information content (AvgIpc) is 2.56. The van der Waals surface area contributed by atoms with Gasteiger partial charge in [0.05, 0.1) is 0 Å². The van der Waals surface area contributed by atoms with Crippen molar-refractivity contribution in [3.8, 4) is 0 Å². The molecule has 2 heteroatoms. The van der Waals surface area contributed by atoms with Crippen molar-refractivity contribution in [1.82, 2.24) is 4.90 Å². The van der Waals surface area contributed by atoms with Crippen molar-refractivity contribution in [2.75, 3.05) is 11.9 Å².